The first-order chi connectivity index (χ1) is 21.4. The number of carbonyl (C=O) groups excluding carboxylic acids is 1. The van der Waals surface area contributed by atoms with Crippen LogP contribution in [0.4, 0.5) is 5.69 Å². The number of amides is 1. The van der Waals surface area contributed by atoms with Gasteiger partial charge in [0.2, 0.25) is 11.7 Å². The van der Waals surface area contributed by atoms with E-state index < -0.39 is 5.79 Å². The number of benzene rings is 3. The molecule has 4 aromatic rings. The number of nitrogens with zero attached hydrogens (tertiary/aromatic N) is 5. The summed E-state index contributed by atoms with van der Waals surface area (Å²) in [7, 11) is 0. The summed E-state index contributed by atoms with van der Waals surface area (Å²) in [4.78, 5) is 20.8. The number of carbonyl (C=O) groups is 1. The minimum atomic E-state index is -1.16. The van der Waals surface area contributed by atoms with Crippen LogP contribution in [0.5, 0.6) is 5.75 Å². The molecule has 228 valence electrons. The minimum Gasteiger partial charge on any atom is -0.491 e. The molecule has 6 rings (SSSR count). The van der Waals surface area contributed by atoms with Crippen molar-refractivity contribution in [3.05, 3.63) is 112 Å². The third kappa shape index (κ3) is 7.20. The quantitative estimate of drug-likeness (QED) is 0.207. The van der Waals surface area contributed by atoms with Crippen molar-refractivity contribution in [2.75, 3.05) is 44.3 Å². The van der Waals surface area contributed by atoms with Crippen LogP contribution in [0.15, 0.2) is 85.5 Å². The van der Waals surface area contributed by atoms with Gasteiger partial charge in [-0.25, -0.2) is 9.67 Å². The van der Waals surface area contributed by atoms with Crippen LogP contribution in [0, 0.1) is 0 Å². The second kappa shape index (κ2) is 13.6. The first kappa shape index (κ1) is 30.4. The summed E-state index contributed by atoms with van der Waals surface area (Å²) in [5.74, 6) is -0.440. The van der Waals surface area contributed by atoms with E-state index in [1.165, 1.54) is 6.33 Å². The Morgan fingerprint density at radius 2 is 1.73 bits per heavy atom. The Kier molecular flexibility index (Phi) is 9.39. The van der Waals surface area contributed by atoms with Crippen molar-refractivity contribution < 1.29 is 19.0 Å². The van der Waals surface area contributed by atoms with Gasteiger partial charge in [0.05, 0.1) is 11.6 Å². The van der Waals surface area contributed by atoms with Crippen LogP contribution in [0.3, 0.4) is 0 Å². The number of rotatable bonds is 9. The van der Waals surface area contributed by atoms with Gasteiger partial charge in [0, 0.05) is 53.6 Å². The van der Waals surface area contributed by atoms with Gasteiger partial charge in [-0.3, -0.25) is 4.79 Å². The number of anilines is 1. The van der Waals surface area contributed by atoms with Crippen LogP contribution in [-0.4, -0.2) is 71.1 Å². The molecule has 2 aliphatic heterocycles. The fourth-order valence-corrected chi connectivity index (χ4v) is 5.93. The predicted octanol–water partition coefficient (Wildman–Crippen LogP) is 5.95. The Morgan fingerprint density at radius 1 is 0.977 bits per heavy atom. The summed E-state index contributed by atoms with van der Waals surface area (Å²) in [5.41, 5.74) is 2.67. The van der Waals surface area contributed by atoms with Gasteiger partial charge in [0.1, 0.15) is 37.7 Å². The first-order valence-electron chi connectivity index (χ1n) is 14.2. The number of hydrogen-bond acceptors (Lipinski definition) is 7. The number of hydrogen-bond donors (Lipinski definition) is 0. The molecule has 0 radical (unpaired) electrons. The van der Waals surface area contributed by atoms with Crippen molar-refractivity contribution >= 4 is 52.5 Å². The zero-order valence-corrected chi connectivity index (χ0v) is 26.0. The third-order valence-electron chi connectivity index (χ3n) is 7.56. The maximum Gasteiger partial charge on any atom is 0.246 e. The highest BCUT2D eigenvalue weighted by atomic mass is 35.5. The van der Waals surface area contributed by atoms with Gasteiger partial charge in [-0.15, -0.1) is 0 Å². The fourth-order valence-electron chi connectivity index (χ4n) is 5.26. The second-order valence-electron chi connectivity index (χ2n) is 10.5. The largest absolute Gasteiger partial charge is 0.491 e. The summed E-state index contributed by atoms with van der Waals surface area (Å²) >= 11 is 18.6. The van der Waals surface area contributed by atoms with Crippen LogP contribution in [-0.2, 0) is 26.6 Å². The molecule has 2 saturated heterocycles. The van der Waals surface area contributed by atoms with E-state index in [-0.39, 0.29) is 25.2 Å². The number of ether oxygens (including phenoxy) is 3. The average molecular weight is 655 g/mol. The zero-order valence-electron chi connectivity index (χ0n) is 23.7. The van der Waals surface area contributed by atoms with Gasteiger partial charge < -0.3 is 24.0 Å². The monoisotopic (exact) mass is 653 g/mol. The molecule has 44 heavy (non-hydrogen) atoms. The lowest BCUT2D eigenvalue weighted by atomic mass is 10.1. The standard InChI is InChI=1S/C32H30Cl3N5O4/c33-24-4-1-23(2-5-24)3-12-31(41)39-15-13-38(14-16-39)26-7-9-27(10-8-26)42-18-28-19-43-32(44-28,20-40-22-36-21-37-40)29-11-6-25(34)17-30(29)35/h1-12,17,21-22,28H,13-16,18-20H2/b12-3-. The minimum absolute atomic E-state index is 0.00472. The van der Waals surface area contributed by atoms with E-state index in [0.717, 1.165) is 30.1 Å². The molecule has 0 spiro atoms. The van der Waals surface area contributed by atoms with Gasteiger partial charge in [0.25, 0.3) is 0 Å². The van der Waals surface area contributed by atoms with Crippen LogP contribution < -0.4 is 9.64 Å². The molecule has 12 heteroatoms. The maximum absolute atomic E-state index is 12.7. The molecule has 2 unspecified atom stereocenters. The number of halogens is 3. The Morgan fingerprint density at radius 3 is 2.43 bits per heavy atom. The molecule has 3 heterocycles. The van der Waals surface area contributed by atoms with Gasteiger partial charge in [-0.05, 0) is 60.2 Å². The van der Waals surface area contributed by atoms with E-state index in [9.17, 15) is 4.79 Å². The predicted molar refractivity (Wildman–Crippen MR) is 170 cm³/mol. The third-order valence-corrected chi connectivity index (χ3v) is 8.35. The summed E-state index contributed by atoms with van der Waals surface area (Å²) in [6.07, 6.45) is 6.14. The highest BCUT2D eigenvalue weighted by molar-refractivity contribution is 6.35. The smallest absolute Gasteiger partial charge is 0.246 e. The lowest BCUT2D eigenvalue weighted by Gasteiger charge is -2.35. The summed E-state index contributed by atoms with van der Waals surface area (Å²) in [6, 6.07) is 20.6. The lowest BCUT2D eigenvalue weighted by Crippen LogP contribution is -2.48. The lowest BCUT2D eigenvalue weighted by molar-refractivity contribution is -0.190. The average Bonchev–Trinajstić information content (AvgIpc) is 3.70. The topological polar surface area (TPSA) is 82.0 Å². The fraction of sp³-hybridized carbons (Fsp3) is 0.281. The molecule has 0 aliphatic carbocycles. The molecular weight excluding hydrogens is 625 g/mol. The van der Waals surface area contributed by atoms with Crippen LogP contribution in [0.25, 0.3) is 6.08 Å². The van der Waals surface area contributed by atoms with Crippen LogP contribution in [0.1, 0.15) is 11.1 Å². The molecule has 2 fully saturated rings. The summed E-state index contributed by atoms with van der Waals surface area (Å²) in [6.45, 7) is 3.64. The molecule has 0 saturated carbocycles. The van der Waals surface area contributed by atoms with E-state index in [1.807, 2.05) is 59.5 Å². The highest BCUT2D eigenvalue weighted by Crippen LogP contribution is 2.40. The molecule has 2 aliphatic rings. The highest BCUT2D eigenvalue weighted by Gasteiger charge is 2.45. The second-order valence-corrected chi connectivity index (χ2v) is 11.8. The SMILES string of the molecule is O=C(/C=C\c1ccc(Cl)cc1)N1CCN(c2ccc(OCC3COC(Cn4cncn4)(c4ccc(Cl)cc4Cl)O3)cc2)CC1. The van der Waals surface area contributed by atoms with E-state index in [0.29, 0.717) is 40.3 Å². The van der Waals surface area contributed by atoms with Gasteiger partial charge >= 0.3 is 0 Å². The molecule has 1 aromatic heterocycles. The Hall–Kier alpha value is -3.60. The first-order valence-corrected chi connectivity index (χ1v) is 15.3. The molecule has 0 N–H and O–H groups in total. The van der Waals surface area contributed by atoms with Gasteiger partial charge in [0.15, 0.2) is 0 Å². The van der Waals surface area contributed by atoms with Crippen molar-refractivity contribution in [1.29, 1.82) is 0 Å². The molecular formula is C32H30Cl3N5O4. The van der Waals surface area contributed by atoms with Gasteiger partial charge in [-0.2, -0.15) is 5.10 Å². The summed E-state index contributed by atoms with van der Waals surface area (Å²) in [5, 5.41) is 5.84. The summed E-state index contributed by atoms with van der Waals surface area (Å²) < 4.78 is 20.4. The van der Waals surface area contributed by atoms with Crippen LogP contribution >= 0.6 is 34.8 Å². The maximum atomic E-state index is 12.7. The van der Waals surface area contributed by atoms with Crippen molar-refractivity contribution in [2.45, 2.75) is 18.4 Å². The molecule has 2 atom stereocenters. The van der Waals surface area contributed by atoms with Gasteiger partial charge in [-0.1, -0.05) is 53.0 Å². The van der Waals surface area contributed by atoms with Crippen molar-refractivity contribution in [3.8, 4) is 5.75 Å². The number of aromatic nitrogens is 3. The van der Waals surface area contributed by atoms with E-state index in [1.54, 1.807) is 35.3 Å². The van der Waals surface area contributed by atoms with Crippen molar-refractivity contribution in [3.63, 3.8) is 0 Å². The normalized spacial score (nSPS) is 20.4. The Labute approximate surface area is 270 Å². The Balaban J connectivity index is 1.01. The van der Waals surface area contributed by atoms with E-state index in [2.05, 4.69) is 15.0 Å². The molecule has 1 amide bonds. The zero-order chi connectivity index (χ0) is 30.5. The van der Waals surface area contributed by atoms with Crippen molar-refractivity contribution in [1.82, 2.24) is 19.7 Å². The Bertz CT molecular complexity index is 1590. The molecule has 3 aromatic carbocycles. The number of piperazine rings is 1. The van der Waals surface area contributed by atoms with E-state index in [4.69, 9.17) is 49.0 Å². The van der Waals surface area contributed by atoms with E-state index >= 15 is 0 Å². The van der Waals surface area contributed by atoms with Crippen molar-refractivity contribution in [2.24, 2.45) is 0 Å². The van der Waals surface area contributed by atoms with Crippen LogP contribution in [0.2, 0.25) is 15.1 Å². The molecule has 9 nitrogen and oxygen atoms in total. The molecule has 0 bridgehead atoms.